The summed E-state index contributed by atoms with van der Waals surface area (Å²) in [4.78, 5) is 24.5. The Hall–Kier alpha value is -1.48. The van der Waals surface area contributed by atoms with Gasteiger partial charge in [0.05, 0.1) is 22.2 Å². The van der Waals surface area contributed by atoms with Gasteiger partial charge in [0.25, 0.3) is 0 Å². The van der Waals surface area contributed by atoms with Gasteiger partial charge < -0.3 is 14.2 Å². The monoisotopic (exact) mass is 470 g/mol. The number of ketones is 1. The van der Waals surface area contributed by atoms with Crippen molar-refractivity contribution in [2.75, 3.05) is 13.2 Å². The van der Waals surface area contributed by atoms with E-state index in [4.69, 9.17) is 9.47 Å². The van der Waals surface area contributed by atoms with Crippen molar-refractivity contribution in [3.63, 3.8) is 0 Å². The summed E-state index contributed by atoms with van der Waals surface area (Å²) in [5.74, 6) is -1.88. The first-order valence-corrected chi connectivity index (χ1v) is 8.38. The molecule has 1 rings (SSSR count). The second-order valence-corrected chi connectivity index (χ2v) is 5.80. The molecule has 0 spiro atoms. The van der Waals surface area contributed by atoms with Crippen molar-refractivity contribution in [2.45, 2.75) is 20.5 Å². The highest BCUT2D eigenvalue weighted by molar-refractivity contribution is 9.11. The number of halogens is 4. The minimum atomic E-state index is -3.08. The van der Waals surface area contributed by atoms with E-state index in [0.717, 1.165) is 6.26 Å². The Balaban J connectivity index is 3.31. The molecule has 1 aromatic carbocycles. The van der Waals surface area contributed by atoms with Crippen molar-refractivity contribution >= 4 is 43.6 Å². The van der Waals surface area contributed by atoms with Crippen LogP contribution in [0.2, 0.25) is 0 Å². The number of carbonyl (C=O) groups is 2. The third kappa shape index (κ3) is 5.27. The summed E-state index contributed by atoms with van der Waals surface area (Å²) in [5, 5.41) is 0. The molecular formula is C15H14Br2F2O5. The van der Waals surface area contributed by atoms with Crippen LogP contribution < -0.4 is 4.74 Å². The van der Waals surface area contributed by atoms with Gasteiger partial charge in [-0.25, -0.2) is 4.79 Å². The number of Topliss-reactive ketones (excluding diaryl/α,β-unsaturated/α-hetero) is 1. The van der Waals surface area contributed by atoms with Crippen LogP contribution >= 0.6 is 31.9 Å². The Kier molecular flexibility index (Phi) is 8.34. The number of hydrogen-bond acceptors (Lipinski definition) is 5. The average Bonchev–Trinajstić information content (AvgIpc) is 2.51. The van der Waals surface area contributed by atoms with Gasteiger partial charge in [0.1, 0.15) is 11.8 Å². The molecule has 0 bridgehead atoms. The van der Waals surface area contributed by atoms with Gasteiger partial charge in [-0.1, -0.05) is 0 Å². The molecular weight excluding hydrogens is 458 g/mol. The lowest BCUT2D eigenvalue weighted by Crippen LogP contribution is -2.17. The summed E-state index contributed by atoms with van der Waals surface area (Å²) >= 11 is 6.12. The molecule has 0 saturated heterocycles. The van der Waals surface area contributed by atoms with E-state index in [0.29, 0.717) is 0 Å². The van der Waals surface area contributed by atoms with Crippen LogP contribution in [0, 0.1) is 0 Å². The molecule has 0 aliphatic carbocycles. The first kappa shape index (κ1) is 20.6. The number of alkyl halides is 2. The summed E-state index contributed by atoms with van der Waals surface area (Å²) in [6.45, 7) is 0.485. The molecule has 1 aromatic rings. The first-order valence-electron chi connectivity index (χ1n) is 6.79. The van der Waals surface area contributed by atoms with E-state index in [1.54, 1.807) is 13.8 Å². The molecule has 0 aliphatic rings. The predicted molar refractivity (Wildman–Crippen MR) is 89.1 cm³/mol. The maximum absolute atomic E-state index is 12.6. The molecule has 9 heteroatoms. The van der Waals surface area contributed by atoms with E-state index in [2.05, 4.69) is 36.6 Å². The molecule has 0 saturated carbocycles. The van der Waals surface area contributed by atoms with Crippen molar-refractivity contribution in [1.29, 1.82) is 0 Å². The normalized spacial score (nSPS) is 11.4. The molecule has 132 valence electrons. The summed E-state index contributed by atoms with van der Waals surface area (Å²) in [6.07, 6.45) is 0.989. The number of hydrogen-bond donors (Lipinski definition) is 0. The van der Waals surface area contributed by atoms with E-state index >= 15 is 0 Å². The summed E-state index contributed by atoms with van der Waals surface area (Å²) in [5.41, 5.74) is -0.405. The van der Waals surface area contributed by atoms with Crippen LogP contribution in [0.3, 0.4) is 0 Å². The van der Waals surface area contributed by atoms with Crippen LogP contribution in [0.1, 0.15) is 24.2 Å². The SMILES string of the molecule is CCOC=C(C(=O)OCC)C(=O)c1ccc(Br)c(OC(F)F)c1Br. The molecule has 0 unspecified atom stereocenters. The van der Waals surface area contributed by atoms with Crippen molar-refractivity contribution < 1.29 is 32.6 Å². The van der Waals surface area contributed by atoms with Crippen LogP contribution in [-0.4, -0.2) is 31.6 Å². The number of carbonyl (C=O) groups excluding carboxylic acids is 2. The van der Waals surface area contributed by atoms with Crippen LogP contribution in [-0.2, 0) is 14.3 Å². The Morgan fingerprint density at radius 3 is 2.42 bits per heavy atom. The summed E-state index contributed by atoms with van der Waals surface area (Å²) in [7, 11) is 0. The highest BCUT2D eigenvalue weighted by Gasteiger charge is 2.26. The maximum Gasteiger partial charge on any atom is 0.387 e. The van der Waals surface area contributed by atoms with Crippen LogP contribution in [0.5, 0.6) is 5.75 Å². The minimum absolute atomic E-state index is 0.0196. The number of esters is 1. The molecule has 0 heterocycles. The third-order valence-electron chi connectivity index (χ3n) is 2.61. The standard InChI is InChI=1S/C15H14Br2F2O5/c1-3-22-7-9(14(21)23-4-2)12(20)8-5-6-10(16)13(11(8)17)24-15(18)19/h5-7,15H,3-4H2,1-2H3. The van der Waals surface area contributed by atoms with E-state index in [1.807, 2.05) is 0 Å². The van der Waals surface area contributed by atoms with E-state index in [9.17, 15) is 18.4 Å². The van der Waals surface area contributed by atoms with Crippen LogP contribution in [0.4, 0.5) is 8.78 Å². The molecule has 5 nitrogen and oxygen atoms in total. The predicted octanol–water partition coefficient (Wildman–Crippen LogP) is 4.48. The number of benzene rings is 1. The maximum atomic E-state index is 12.6. The van der Waals surface area contributed by atoms with Gasteiger partial charge in [0, 0.05) is 5.56 Å². The largest absolute Gasteiger partial charge is 0.500 e. The van der Waals surface area contributed by atoms with Gasteiger partial charge in [0.15, 0.2) is 5.75 Å². The quantitative estimate of drug-likeness (QED) is 0.140. The molecule has 0 fully saturated rings. The van der Waals surface area contributed by atoms with E-state index in [-0.39, 0.29) is 39.0 Å². The zero-order valence-electron chi connectivity index (χ0n) is 12.8. The average molecular weight is 472 g/mol. The number of rotatable bonds is 8. The second kappa shape index (κ2) is 9.73. The lowest BCUT2D eigenvalue weighted by molar-refractivity contribution is -0.138. The van der Waals surface area contributed by atoms with Crippen molar-refractivity contribution in [2.24, 2.45) is 0 Å². The molecule has 0 N–H and O–H groups in total. The zero-order valence-corrected chi connectivity index (χ0v) is 15.9. The summed E-state index contributed by atoms with van der Waals surface area (Å²) < 4.78 is 39.4. The zero-order chi connectivity index (χ0) is 18.3. The fraction of sp³-hybridized carbons (Fsp3) is 0.333. The van der Waals surface area contributed by atoms with Gasteiger partial charge in [-0.15, -0.1) is 0 Å². The Labute approximate surface area is 154 Å². The summed E-state index contributed by atoms with van der Waals surface area (Å²) in [6, 6.07) is 2.72. The van der Waals surface area contributed by atoms with Crippen LogP contribution in [0.25, 0.3) is 0 Å². The van der Waals surface area contributed by atoms with E-state index in [1.165, 1.54) is 12.1 Å². The fourth-order valence-electron chi connectivity index (χ4n) is 1.62. The molecule has 0 atom stereocenters. The lowest BCUT2D eigenvalue weighted by atomic mass is 10.0. The van der Waals surface area contributed by atoms with Crippen LogP contribution in [0.15, 0.2) is 32.9 Å². The molecule has 24 heavy (non-hydrogen) atoms. The number of ether oxygens (including phenoxy) is 3. The van der Waals surface area contributed by atoms with Gasteiger partial charge in [-0.2, -0.15) is 8.78 Å². The molecule has 0 aliphatic heterocycles. The fourth-order valence-corrected chi connectivity index (χ4v) is 2.93. The molecule has 0 aromatic heterocycles. The Morgan fingerprint density at radius 2 is 1.88 bits per heavy atom. The third-order valence-corrected chi connectivity index (χ3v) is 4.02. The topological polar surface area (TPSA) is 61.8 Å². The first-order chi connectivity index (χ1) is 11.3. The van der Waals surface area contributed by atoms with Crippen molar-refractivity contribution in [3.8, 4) is 5.75 Å². The van der Waals surface area contributed by atoms with Gasteiger partial charge in [-0.3, -0.25) is 4.79 Å². The Bertz CT molecular complexity index is 647. The molecule has 0 radical (unpaired) electrons. The smallest absolute Gasteiger partial charge is 0.387 e. The van der Waals surface area contributed by atoms with Gasteiger partial charge in [0.2, 0.25) is 5.78 Å². The van der Waals surface area contributed by atoms with E-state index < -0.39 is 18.4 Å². The Morgan fingerprint density at radius 1 is 1.21 bits per heavy atom. The van der Waals surface area contributed by atoms with Crippen molar-refractivity contribution in [1.82, 2.24) is 0 Å². The second-order valence-electron chi connectivity index (χ2n) is 4.15. The molecule has 0 amide bonds. The highest BCUT2D eigenvalue weighted by Crippen LogP contribution is 2.38. The highest BCUT2D eigenvalue weighted by atomic mass is 79.9. The van der Waals surface area contributed by atoms with Gasteiger partial charge >= 0.3 is 12.6 Å². The minimum Gasteiger partial charge on any atom is -0.500 e. The lowest BCUT2D eigenvalue weighted by Gasteiger charge is -2.13. The van der Waals surface area contributed by atoms with Crippen molar-refractivity contribution in [3.05, 3.63) is 38.5 Å². The van der Waals surface area contributed by atoms with Gasteiger partial charge in [-0.05, 0) is 57.8 Å².